The lowest BCUT2D eigenvalue weighted by Crippen LogP contribution is -2.35. The number of aliphatic hydroxyl groups is 1. The molecule has 2 rings (SSSR count). The van der Waals surface area contributed by atoms with Crippen LogP contribution in [0.1, 0.15) is 38.0 Å². The van der Waals surface area contributed by atoms with Crippen LogP contribution in [0.2, 0.25) is 0 Å². The molecule has 1 heterocycles. The minimum absolute atomic E-state index is 0.563. The fraction of sp³-hybridized carbons (Fsp3) is 0.636. The summed E-state index contributed by atoms with van der Waals surface area (Å²) in [5.74, 6) is 0. The molecule has 4 heteroatoms. The third-order valence-corrected chi connectivity index (χ3v) is 3.32. The highest BCUT2D eigenvalue weighted by Crippen LogP contribution is 2.49. The molecule has 1 saturated carbocycles. The molecule has 0 bridgehead atoms. The Labute approximate surface area is 89.1 Å². The SMILES string of the molecule is CCn1nccc1C(O)C1(C#N)CCC1. The maximum atomic E-state index is 10.2. The zero-order valence-corrected chi connectivity index (χ0v) is 8.85. The van der Waals surface area contributed by atoms with Gasteiger partial charge in [-0.3, -0.25) is 4.68 Å². The van der Waals surface area contributed by atoms with Crippen LogP contribution in [0, 0.1) is 16.7 Å². The Bertz CT molecular complexity index is 387. The van der Waals surface area contributed by atoms with Crippen molar-refractivity contribution >= 4 is 0 Å². The Morgan fingerprint density at radius 1 is 1.73 bits per heavy atom. The van der Waals surface area contributed by atoms with Crippen molar-refractivity contribution in [3.05, 3.63) is 18.0 Å². The first kappa shape index (κ1) is 10.2. The fourth-order valence-corrected chi connectivity index (χ4v) is 2.13. The highest BCUT2D eigenvalue weighted by atomic mass is 16.3. The molecule has 1 N–H and O–H groups in total. The molecule has 1 aliphatic rings. The van der Waals surface area contributed by atoms with E-state index in [0.29, 0.717) is 0 Å². The molecule has 1 aromatic rings. The highest BCUT2D eigenvalue weighted by Gasteiger charge is 2.45. The Hall–Kier alpha value is -1.34. The van der Waals surface area contributed by atoms with E-state index in [9.17, 15) is 5.11 Å². The van der Waals surface area contributed by atoms with E-state index in [1.165, 1.54) is 0 Å². The lowest BCUT2D eigenvalue weighted by atomic mass is 9.65. The van der Waals surface area contributed by atoms with Crippen molar-refractivity contribution < 1.29 is 5.11 Å². The van der Waals surface area contributed by atoms with Crippen LogP contribution in [0.4, 0.5) is 0 Å². The van der Waals surface area contributed by atoms with Gasteiger partial charge in [0, 0.05) is 12.7 Å². The van der Waals surface area contributed by atoms with Crippen LogP contribution < -0.4 is 0 Å². The summed E-state index contributed by atoms with van der Waals surface area (Å²) < 4.78 is 1.75. The fourth-order valence-electron chi connectivity index (χ4n) is 2.13. The smallest absolute Gasteiger partial charge is 0.114 e. The summed E-state index contributed by atoms with van der Waals surface area (Å²) in [6, 6.07) is 4.06. The van der Waals surface area contributed by atoms with Crippen molar-refractivity contribution in [3.63, 3.8) is 0 Å². The average Bonchev–Trinajstić information content (AvgIpc) is 2.64. The van der Waals surface area contributed by atoms with E-state index in [2.05, 4.69) is 11.2 Å². The van der Waals surface area contributed by atoms with Crippen molar-refractivity contribution in [1.82, 2.24) is 9.78 Å². The molecule has 15 heavy (non-hydrogen) atoms. The first-order valence-electron chi connectivity index (χ1n) is 5.34. The van der Waals surface area contributed by atoms with Crippen LogP contribution in [0.15, 0.2) is 12.3 Å². The summed E-state index contributed by atoms with van der Waals surface area (Å²) in [6.07, 6.45) is 3.59. The number of aromatic nitrogens is 2. The van der Waals surface area contributed by atoms with Gasteiger partial charge in [0.25, 0.3) is 0 Å². The van der Waals surface area contributed by atoms with Crippen LogP contribution in [0.3, 0.4) is 0 Å². The molecule has 0 spiro atoms. The zero-order valence-electron chi connectivity index (χ0n) is 8.85. The van der Waals surface area contributed by atoms with Crippen LogP contribution in [0.25, 0.3) is 0 Å². The third kappa shape index (κ3) is 1.44. The van der Waals surface area contributed by atoms with Gasteiger partial charge in [-0.2, -0.15) is 10.4 Å². The monoisotopic (exact) mass is 205 g/mol. The summed E-state index contributed by atoms with van der Waals surface area (Å²) in [5, 5.41) is 23.4. The van der Waals surface area contributed by atoms with Gasteiger partial charge in [-0.25, -0.2) is 0 Å². The van der Waals surface area contributed by atoms with Crippen LogP contribution >= 0.6 is 0 Å². The van der Waals surface area contributed by atoms with E-state index in [4.69, 9.17) is 5.26 Å². The number of aryl methyl sites for hydroxylation is 1. The van der Waals surface area contributed by atoms with E-state index < -0.39 is 11.5 Å². The van der Waals surface area contributed by atoms with Gasteiger partial charge < -0.3 is 5.11 Å². The summed E-state index contributed by atoms with van der Waals surface area (Å²) in [4.78, 5) is 0. The second-order valence-electron chi connectivity index (χ2n) is 4.10. The number of hydrogen-bond donors (Lipinski definition) is 1. The lowest BCUT2D eigenvalue weighted by Gasteiger charge is -2.39. The van der Waals surface area contributed by atoms with Gasteiger partial charge in [-0.15, -0.1) is 0 Å². The van der Waals surface area contributed by atoms with E-state index in [-0.39, 0.29) is 0 Å². The molecule has 1 aromatic heterocycles. The van der Waals surface area contributed by atoms with Crippen molar-refractivity contribution in [3.8, 4) is 6.07 Å². The third-order valence-electron chi connectivity index (χ3n) is 3.32. The maximum absolute atomic E-state index is 10.2. The Balaban J connectivity index is 2.28. The molecular weight excluding hydrogens is 190 g/mol. The number of rotatable bonds is 3. The number of nitriles is 1. The molecule has 0 saturated heterocycles. The van der Waals surface area contributed by atoms with E-state index >= 15 is 0 Å². The largest absolute Gasteiger partial charge is 0.385 e. The van der Waals surface area contributed by atoms with Crippen molar-refractivity contribution in [2.75, 3.05) is 0 Å². The summed E-state index contributed by atoms with van der Waals surface area (Å²) in [6.45, 7) is 2.70. The zero-order chi connectivity index (χ0) is 10.9. The van der Waals surface area contributed by atoms with Crippen molar-refractivity contribution in [2.45, 2.75) is 38.8 Å². The number of hydrogen-bond acceptors (Lipinski definition) is 3. The first-order chi connectivity index (χ1) is 7.23. The quantitative estimate of drug-likeness (QED) is 0.815. The molecule has 0 aliphatic heterocycles. The lowest BCUT2D eigenvalue weighted by molar-refractivity contribution is 0.00206. The predicted molar refractivity (Wildman–Crippen MR) is 54.8 cm³/mol. The van der Waals surface area contributed by atoms with E-state index in [1.807, 2.05) is 6.92 Å². The van der Waals surface area contributed by atoms with Gasteiger partial charge in [0.2, 0.25) is 0 Å². The van der Waals surface area contributed by atoms with Crippen LogP contribution in [-0.2, 0) is 6.54 Å². The maximum Gasteiger partial charge on any atom is 0.114 e. The molecule has 0 amide bonds. The Kier molecular flexibility index (Phi) is 2.49. The molecule has 0 aromatic carbocycles. The summed E-state index contributed by atoms with van der Waals surface area (Å²) in [7, 11) is 0. The topological polar surface area (TPSA) is 61.8 Å². The normalized spacial score (nSPS) is 20.3. The Morgan fingerprint density at radius 2 is 2.47 bits per heavy atom. The predicted octanol–water partition coefficient (Wildman–Crippen LogP) is 1.63. The minimum atomic E-state index is -0.696. The average molecular weight is 205 g/mol. The molecular formula is C11H15N3O. The highest BCUT2D eigenvalue weighted by molar-refractivity contribution is 5.18. The van der Waals surface area contributed by atoms with Gasteiger partial charge in [0.05, 0.1) is 17.2 Å². The molecule has 4 nitrogen and oxygen atoms in total. The Morgan fingerprint density at radius 3 is 2.93 bits per heavy atom. The molecule has 1 unspecified atom stereocenters. The summed E-state index contributed by atoms with van der Waals surface area (Å²) in [5.41, 5.74) is 0.200. The van der Waals surface area contributed by atoms with Gasteiger partial charge in [-0.1, -0.05) is 6.42 Å². The van der Waals surface area contributed by atoms with E-state index in [1.54, 1.807) is 16.9 Å². The number of nitrogens with zero attached hydrogens (tertiary/aromatic N) is 3. The van der Waals surface area contributed by atoms with E-state index in [0.717, 1.165) is 31.5 Å². The van der Waals surface area contributed by atoms with Crippen LogP contribution in [-0.4, -0.2) is 14.9 Å². The first-order valence-corrected chi connectivity index (χ1v) is 5.34. The molecule has 1 fully saturated rings. The van der Waals surface area contributed by atoms with Gasteiger partial charge in [0.1, 0.15) is 6.10 Å². The van der Waals surface area contributed by atoms with Crippen molar-refractivity contribution in [1.29, 1.82) is 5.26 Å². The minimum Gasteiger partial charge on any atom is -0.385 e. The van der Waals surface area contributed by atoms with Crippen LogP contribution in [0.5, 0.6) is 0 Å². The standard InChI is InChI=1S/C11H15N3O/c1-2-14-9(4-7-13-14)10(15)11(8-12)5-3-6-11/h4,7,10,15H,2-3,5-6H2,1H3. The molecule has 80 valence electrons. The molecule has 1 atom stereocenters. The second-order valence-corrected chi connectivity index (χ2v) is 4.10. The van der Waals surface area contributed by atoms with Gasteiger partial charge in [0.15, 0.2) is 0 Å². The molecule has 0 radical (unpaired) electrons. The van der Waals surface area contributed by atoms with Crippen molar-refractivity contribution in [2.24, 2.45) is 5.41 Å². The second kappa shape index (κ2) is 3.67. The number of aliphatic hydroxyl groups excluding tert-OH is 1. The summed E-state index contributed by atoms with van der Waals surface area (Å²) >= 11 is 0. The van der Waals surface area contributed by atoms with Gasteiger partial charge in [-0.05, 0) is 25.8 Å². The molecule has 1 aliphatic carbocycles. The van der Waals surface area contributed by atoms with Gasteiger partial charge >= 0.3 is 0 Å².